The highest BCUT2D eigenvalue weighted by molar-refractivity contribution is 6.31. The van der Waals surface area contributed by atoms with Crippen molar-refractivity contribution in [3.05, 3.63) is 22.5 Å². The van der Waals surface area contributed by atoms with E-state index < -0.39 is 40.0 Å². The number of hydrogen-bond donors (Lipinski definition) is 3. The predicted octanol–water partition coefficient (Wildman–Crippen LogP) is 1.31. The van der Waals surface area contributed by atoms with E-state index in [2.05, 4.69) is 4.74 Å². The number of aliphatic hydroxyl groups is 1. The van der Waals surface area contributed by atoms with Gasteiger partial charge in [0.1, 0.15) is 0 Å². The van der Waals surface area contributed by atoms with E-state index in [1.54, 1.807) is 0 Å². The number of phenols is 1. The van der Waals surface area contributed by atoms with Crippen molar-refractivity contribution in [2.24, 2.45) is 0 Å². The third-order valence-electron chi connectivity index (χ3n) is 1.91. The molecule has 1 atom stereocenters. The molecule has 0 saturated carbocycles. The van der Waals surface area contributed by atoms with Crippen LogP contribution < -0.4 is 4.74 Å². The van der Waals surface area contributed by atoms with E-state index in [1.165, 1.54) is 0 Å². The zero-order chi connectivity index (χ0) is 12.5. The number of aromatic hydroxyl groups is 1. The van der Waals surface area contributed by atoms with E-state index in [9.17, 15) is 19.4 Å². The smallest absolute Gasteiger partial charge is 0.337 e. The van der Waals surface area contributed by atoms with Crippen LogP contribution in [0.3, 0.4) is 0 Å². The third-order valence-corrected chi connectivity index (χ3v) is 2.19. The Hall–Kier alpha value is -1.53. The summed E-state index contributed by atoms with van der Waals surface area (Å²) in [6.45, 7) is 0. The fourth-order valence-corrected chi connectivity index (χ4v) is 1.34. The molecule has 0 aliphatic heterocycles. The van der Waals surface area contributed by atoms with E-state index in [1.807, 2.05) is 0 Å². The van der Waals surface area contributed by atoms with Gasteiger partial charge in [0, 0.05) is 5.56 Å². The predicted molar refractivity (Wildman–Crippen MR) is 52.2 cm³/mol. The fraction of sp³-hybridized carbons (Fsp3) is 0.222. The third kappa shape index (κ3) is 2.02. The highest BCUT2D eigenvalue weighted by atomic mass is 35.5. The molecule has 0 aliphatic carbocycles. The summed E-state index contributed by atoms with van der Waals surface area (Å²) < 4.78 is 17.8. The highest BCUT2D eigenvalue weighted by Crippen LogP contribution is 2.39. The van der Waals surface area contributed by atoms with Gasteiger partial charge in [-0.1, -0.05) is 11.6 Å². The fourth-order valence-electron chi connectivity index (χ4n) is 1.14. The van der Waals surface area contributed by atoms with Crippen molar-refractivity contribution in [1.82, 2.24) is 0 Å². The lowest BCUT2D eigenvalue weighted by atomic mass is 10.1. The van der Waals surface area contributed by atoms with E-state index in [0.717, 1.165) is 13.2 Å². The number of aliphatic carboxylic acids is 1. The van der Waals surface area contributed by atoms with Crippen LogP contribution >= 0.6 is 11.6 Å². The van der Waals surface area contributed by atoms with E-state index in [-0.39, 0.29) is 0 Å². The molecule has 1 unspecified atom stereocenters. The lowest BCUT2D eigenvalue weighted by molar-refractivity contribution is -0.147. The normalized spacial score (nSPS) is 12.2. The zero-order valence-electron chi connectivity index (χ0n) is 8.07. The Morgan fingerprint density at radius 3 is 2.62 bits per heavy atom. The summed E-state index contributed by atoms with van der Waals surface area (Å²) >= 11 is 5.45. The van der Waals surface area contributed by atoms with Gasteiger partial charge >= 0.3 is 5.97 Å². The summed E-state index contributed by atoms with van der Waals surface area (Å²) in [6.07, 6.45) is -2.01. The Kier molecular flexibility index (Phi) is 3.56. The molecular weight excluding hydrogens is 243 g/mol. The average Bonchev–Trinajstić information content (AvgIpc) is 2.23. The van der Waals surface area contributed by atoms with E-state index in [0.29, 0.717) is 0 Å². The molecule has 0 aliphatic rings. The SMILES string of the molecule is COc1c(O)c(C(O)C(=O)O)cc(Cl)c1F. The summed E-state index contributed by atoms with van der Waals surface area (Å²) in [5, 5.41) is 26.8. The monoisotopic (exact) mass is 250 g/mol. The minimum atomic E-state index is -2.01. The molecule has 0 saturated heterocycles. The number of phenolic OH excluding ortho intramolecular Hbond substituents is 1. The largest absolute Gasteiger partial charge is 0.504 e. The van der Waals surface area contributed by atoms with Crippen molar-refractivity contribution >= 4 is 17.6 Å². The van der Waals surface area contributed by atoms with Gasteiger partial charge in [-0.15, -0.1) is 0 Å². The quantitative estimate of drug-likeness (QED) is 0.753. The maximum Gasteiger partial charge on any atom is 0.337 e. The molecule has 0 radical (unpaired) electrons. The molecule has 1 rings (SSSR count). The number of aliphatic hydroxyl groups excluding tert-OH is 1. The number of benzene rings is 1. The summed E-state index contributed by atoms with van der Waals surface area (Å²) in [4.78, 5) is 10.5. The van der Waals surface area contributed by atoms with Crippen LogP contribution in [0.25, 0.3) is 0 Å². The van der Waals surface area contributed by atoms with Crippen LogP contribution in [0.1, 0.15) is 11.7 Å². The summed E-state index contributed by atoms with van der Waals surface area (Å²) in [5.41, 5.74) is -0.434. The van der Waals surface area contributed by atoms with Crippen LogP contribution in [-0.2, 0) is 4.79 Å². The minimum Gasteiger partial charge on any atom is -0.504 e. The molecule has 1 aromatic carbocycles. The minimum absolute atomic E-state index is 0.434. The standard InChI is InChI=1S/C9H8ClFO5/c1-16-8-5(11)4(10)2-3(6(8)12)7(13)9(14)15/h2,7,12-13H,1H3,(H,14,15). The Bertz CT molecular complexity index is 434. The van der Waals surface area contributed by atoms with Crippen LogP contribution in [0, 0.1) is 5.82 Å². The topological polar surface area (TPSA) is 87.0 Å². The first-order valence-corrected chi connectivity index (χ1v) is 4.43. The van der Waals surface area contributed by atoms with Crippen molar-refractivity contribution in [3.8, 4) is 11.5 Å². The summed E-state index contributed by atoms with van der Waals surface area (Å²) in [7, 11) is 1.07. The molecule has 5 nitrogen and oxygen atoms in total. The molecule has 0 spiro atoms. The van der Waals surface area contributed by atoms with E-state index >= 15 is 0 Å². The molecule has 7 heteroatoms. The maximum atomic E-state index is 13.3. The molecule has 0 aromatic heterocycles. The Morgan fingerprint density at radius 1 is 1.62 bits per heavy atom. The first-order valence-electron chi connectivity index (χ1n) is 4.05. The van der Waals surface area contributed by atoms with Gasteiger partial charge in [-0.3, -0.25) is 0 Å². The second-order valence-corrected chi connectivity index (χ2v) is 3.29. The maximum absolute atomic E-state index is 13.3. The lowest BCUT2D eigenvalue weighted by Gasteiger charge is -2.13. The summed E-state index contributed by atoms with van der Waals surface area (Å²) in [6, 6.07) is 0.827. The molecule has 0 fully saturated rings. The molecule has 88 valence electrons. The zero-order valence-corrected chi connectivity index (χ0v) is 8.82. The van der Waals surface area contributed by atoms with Gasteiger partial charge in [-0.2, -0.15) is 0 Å². The first kappa shape index (κ1) is 12.5. The van der Waals surface area contributed by atoms with Crippen molar-refractivity contribution in [2.45, 2.75) is 6.10 Å². The molecule has 16 heavy (non-hydrogen) atoms. The van der Waals surface area contributed by atoms with Crippen LogP contribution in [0.4, 0.5) is 4.39 Å². The van der Waals surface area contributed by atoms with Gasteiger partial charge in [0.15, 0.2) is 23.4 Å². The van der Waals surface area contributed by atoms with Gasteiger partial charge in [0.05, 0.1) is 12.1 Å². The first-order chi connectivity index (χ1) is 7.40. The number of ether oxygens (including phenoxy) is 1. The number of methoxy groups -OCH3 is 1. The number of hydrogen-bond acceptors (Lipinski definition) is 4. The van der Waals surface area contributed by atoms with Crippen molar-refractivity contribution in [1.29, 1.82) is 0 Å². The van der Waals surface area contributed by atoms with Crippen LogP contribution in [-0.4, -0.2) is 28.4 Å². The van der Waals surface area contributed by atoms with Crippen LogP contribution in [0.15, 0.2) is 6.07 Å². The van der Waals surface area contributed by atoms with Gasteiger partial charge in [0.25, 0.3) is 0 Å². The molecule has 0 bridgehead atoms. The second kappa shape index (κ2) is 4.54. The average molecular weight is 251 g/mol. The van der Waals surface area contributed by atoms with Crippen molar-refractivity contribution in [3.63, 3.8) is 0 Å². The number of halogens is 2. The Morgan fingerprint density at radius 2 is 2.19 bits per heavy atom. The van der Waals surface area contributed by atoms with E-state index in [4.69, 9.17) is 16.7 Å². The number of rotatable bonds is 3. The second-order valence-electron chi connectivity index (χ2n) is 2.88. The molecule has 1 aromatic rings. The molecule has 0 amide bonds. The van der Waals surface area contributed by atoms with Gasteiger partial charge in [-0.25, -0.2) is 9.18 Å². The molecule has 3 N–H and O–H groups in total. The number of carbonyl (C=O) groups is 1. The molecular formula is C9H8ClFO5. The Labute approximate surface area is 94.7 Å². The van der Waals surface area contributed by atoms with Gasteiger partial charge in [-0.05, 0) is 6.07 Å². The van der Waals surface area contributed by atoms with Gasteiger partial charge < -0.3 is 20.1 Å². The summed E-state index contributed by atoms with van der Waals surface area (Å²) in [5.74, 6) is -4.02. The number of carboxylic acid groups (broad SMARTS) is 1. The van der Waals surface area contributed by atoms with Crippen molar-refractivity contribution < 1.29 is 29.2 Å². The number of carboxylic acids is 1. The molecule has 0 heterocycles. The van der Waals surface area contributed by atoms with Gasteiger partial charge in [0.2, 0.25) is 0 Å². The van der Waals surface area contributed by atoms with Crippen LogP contribution in [0.5, 0.6) is 11.5 Å². The lowest BCUT2D eigenvalue weighted by Crippen LogP contribution is -2.11. The van der Waals surface area contributed by atoms with Crippen molar-refractivity contribution in [2.75, 3.05) is 7.11 Å². The Balaban J connectivity index is 3.42. The highest BCUT2D eigenvalue weighted by Gasteiger charge is 2.26. The van der Waals surface area contributed by atoms with Crippen LogP contribution in [0.2, 0.25) is 5.02 Å².